The first kappa shape index (κ1) is 14.5. The van der Waals surface area contributed by atoms with Crippen LogP contribution in [0.3, 0.4) is 0 Å². The van der Waals surface area contributed by atoms with Crippen molar-refractivity contribution >= 4 is 17.3 Å². The summed E-state index contributed by atoms with van der Waals surface area (Å²) in [5, 5.41) is 16.9. The number of nitro benzene ring substituents is 1. The molecule has 1 atom stereocenters. The molecular weight excluding hydrogens is 258 g/mol. The predicted molar refractivity (Wildman–Crippen MR) is 76.7 cm³/mol. The molecule has 0 saturated carbocycles. The summed E-state index contributed by atoms with van der Waals surface area (Å²) in [4.78, 5) is 22.9. The van der Waals surface area contributed by atoms with Crippen LogP contribution in [0.25, 0.3) is 0 Å². The van der Waals surface area contributed by atoms with Crippen molar-refractivity contribution in [2.24, 2.45) is 0 Å². The zero-order valence-corrected chi connectivity index (χ0v) is 11.7. The van der Waals surface area contributed by atoms with E-state index in [1.165, 1.54) is 6.07 Å². The third-order valence-corrected chi connectivity index (χ3v) is 3.72. The van der Waals surface area contributed by atoms with E-state index in [0.29, 0.717) is 0 Å². The number of hydrogen-bond donors (Lipinski definition) is 2. The van der Waals surface area contributed by atoms with Gasteiger partial charge in [-0.1, -0.05) is 6.07 Å². The normalized spacial score (nSPS) is 22.3. The summed E-state index contributed by atoms with van der Waals surface area (Å²) < 4.78 is 0. The zero-order chi connectivity index (χ0) is 14.8. The summed E-state index contributed by atoms with van der Waals surface area (Å²) in [6.07, 6.45) is 2.76. The quantitative estimate of drug-likeness (QED) is 0.656. The summed E-state index contributed by atoms with van der Waals surface area (Å²) in [6.45, 7) is 4.46. The van der Waals surface area contributed by atoms with E-state index in [1.54, 1.807) is 12.1 Å². The Hall–Kier alpha value is -1.95. The number of piperidine rings is 1. The SMILES string of the molecule is Cc1ccc([N+](=O)[O-])c(NC(=O)C2(C)CCCCN2)c1. The van der Waals surface area contributed by atoms with E-state index < -0.39 is 10.5 Å². The molecule has 1 aliphatic rings. The average Bonchev–Trinajstić information content (AvgIpc) is 2.39. The third kappa shape index (κ3) is 2.96. The molecule has 0 bridgehead atoms. The standard InChI is InChI=1S/C14H19N3O3/c1-10-5-6-12(17(19)20)11(9-10)16-13(18)14(2)7-3-4-8-15-14/h5-6,9,15H,3-4,7-8H2,1-2H3,(H,16,18). The summed E-state index contributed by atoms with van der Waals surface area (Å²) in [6, 6.07) is 4.71. The average molecular weight is 277 g/mol. The highest BCUT2D eigenvalue weighted by molar-refractivity contribution is 5.99. The van der Waals surface area contributed by atoms with Crippen LogP contribution in [0.15, 0.2) is 18.2 Å². The number of carbonyl (C=O) groups is 1. The topological polar surface area (TPSA) is 84.3 Å². The fourth-order valence-electron chi connectivity index (χ4n) is 2.42. The van der Waals surface area contributed by atoms with E-state index in [1.807, 2.05) is 13.8 Å². The van der Waals surface area contributed by atoms with Crippen LogP contribution in [-0.2, 0) is 4.79 Å². The van der Waals surface area contributed by atoms with E-state index in [9.17, 15) is 14.9 Å². The van der Waals surface area contributed by atoms with Gasteiger partial charge in [0.1, 0.15) is 5.69 Å². The fourth-order valence-corrected chi connectivity index (χ4v) is 2.42. The molecule has 2 rings (SSSR count). The first-order valence-electron chi connectivity index (χ1n) is 6.74. The monoisotopic (exact) mass is 277 g/mol. The molecular formula is C14H19N3O3. The number of nitro groups is 1. The van der Waals surface area contributed by atoms with Gasteiger partial charge in [0.25, 0.3) is 5.69 Å². The lowest BCUT2D eigenvalue weighted by molar-refractivity contribution is -0.383. The van der Waals surface area contributed by atoms with Crippen molar-refractivity contribution in [2.75, 3.05) is 11.9 Å². The summed E-state index contributed by atoms with van der Waals surface area (Å²) in [5.41, 5.74) is 0.389. The Morgan fingerprint density at radius 1 is 1.45 bits per heavy atom. The van der Waals surface area contributed by atoms with Gasteiger partial charge in [-0.2, -0.15) is 0 Å². The largest absolute Gasteiger partial charge is 0.319 e. The maximum atomic E-state index is 12.4. The molecule has 1 amide bonds. The number of carbonyl (C=O) groups excluding carboxylic acids is 1. The maximum Gasteiger partial charge on any atom is 0.292 e. The van der Waals surface area contributed by atoms with Crippen LogP contribution in [-0.4, -0.2) is 22.9 Å². The number of rotatable bonds is 3. The molecule has 20 heavy (non-hydrogen) atoms. The Balaban J connectivity index is 2.23. The Morgan fingerprint density at radius 2 is 2.20 bits per heavy atom. The number of benzene rings is 1. The van der Waals surface area contributed by atoms with Crippen molar-refractivity contribution in [3.8, 4) is 0 Å². The lowest BCUT2D eigenvalue weighted by Crippen LogP contribution is -2.54. The number of aryl methyl sites for hydroxylation is 1. The number of amides is 1. The van der Waals surface area contributed by atoms with Gasteiger partial charge in [-0.15, -0.1) is 0 Å². The van der Waals surface area contributed by atoms with Crippen LogP contribution in [0.1, 0.15) is 31.7 Å². The second-order valence-electron chi connectivity index (χ2n) is 5.45. The van der Waals surface area contributed by atoms with Gasteiger partial charge in [-0.05, 0) is 51.3 Å². The molecule has 1 saturated heterocycles. The number of anilines is 1. The van der Waals surface area contributed by atoms with E-state index in [2.05, 4.69) is 10.6 Å². The Bertz CT molecular complexity index is 536. The van der Waals surface area contributed by atoms with E-state index >= 15 is 0 Å². The molecule has 0 aliphatic carbocycles. The van der Waals surface area contributed by atoms with E-state index in [-0.39, 0.29) is 17.3 Å². The van der Waals surface area contributed by atoms with Crippen molar-refractivity contribution in [3.05, 3.63) is 33.9 Å². The fraction of sp³-hybridized carbons (Fsp3) is 0.500. The third-order valence-electron chi connectivity index (χ3n) is 3.72. The van der Waals surface area contributed by atoms with Crippen molar-refractivity contribution in [1.82, 2.24) is 5.32 Å². The molecule has 1 heterocycles. The van der Waals surface area contributed by atoms with Gasteiger partial charge in [0.15, 0.2) is 0 Å². The molecule has 1 aromatic rings. The highest BCUT2D eigenvalue weighted by atomic mass is 16.6. The maximum absolute atomic E-state index is 12.4. The van der Waals surface area contributed by atoms with Crippen LogP contribution in [0.2, 0.25) is 0 Å². The van der Waals surface area contributed by atoms with Crippen molar-refractivity contribution in [2.45, 2.75) is 38.6 Å². The minimum atomic E-state index is -0.657. The second kappa shape index (κ2) is 5.58. The number of hydrogen-bond acceptors (Lipinski definition) is 4. The molecule has 0 spiro atoms. The lowest BCUT2D eigenvalue weighted by atomic mass is 9.90. The summed E-state index contributed by atoms with van der Waals surface area (Å²) in [7, 11) is 0. The molecule has 1 fully saturated rings. The minimum absolute atomic E-state index is 0.0802. The van der Waals surface area contributed by atoms with Crippen LogP contribution in [0.5, 0.6) is 0 Å². The molecule has 2 N–H and O–H groups in total. The second-order valence-corrected chi connectivity index (χ2v) is 5.45. The van der Waals surface area contributed by atoms with Crippen LogP contribution in [0, 0.1) is 17.0 Å². The summed E-state index contributed by atoms with van der Waals surface area (Å²) >= 11 is 0. The molecule has 108 valence electrons. The lowest BCUT2D eigenvalue weighted by Gasteiger charge is -2.33. The van der Waals surface area contributed by atoms with Crippen LogP contribution < -0.4 is 10.6 Å². The molecule has 6 heteroatoms. The highest BCUT2D eigenvalue weighted by Gasteiger charge is 2.35. The summed E-state index contributed by atoms with van der Waals surface area (Å²) in [5.74, 6) is -0.217. The first-order chi connectivity index (χ1) is 9.42. The molecule has 0 radical (unpaired) electrons. The number of nitrogens with one attached hydrogen (secondary N) is 2. The van der Waals surface area contributed by atoms with Gasteiger partial charge in [-0.25, -0.2) is 0 Å². The first-order valence-corrected chi connectivity index (χ1v) is 6.74. The molecule has 0 aromatic heterocycles. The van der Waals surface area contributed by atoms with E-state index in [0.717, 1.165) is 31.4 Å². The van der Waals surface area contributed by atoms with Crippen molar-refractivity contribution in [1.29, 1.82) is 0 Å². The minimum Gasteiger partial charge on any atom is -0.319 e. The van der Waals surface area contributed by atoms with Crippen LogP contribution in [0.4, 0.5) is 11.4 Å². The van der Waals surface area contributed by atoms with Gasteiger partial charge in [0.2, 0.25) is 5.91 Å². The van der Waals surface area contributed by atoms with Gasteiger partial charge in [0, 0.05) is 6.07 Å². The predicted octanol–water partition coefficient (Wildman–Crippen LogP) is 2.37. The highest BCUT2D eigenvalue weighted by Crippen LogP contribution is 2.27. The Labute approximate surface area is 117 Å². The van der Waals surface area contributed by atoms with Crippen LogP contribution >= 0.6 is 0 Å². The number of nitrogens with zero attached hydrogens (tertiary/aromatic N) is 1. The van der Waals surface area contributed by atoms with E-state index in [4.69, 9.17) is 0 Å². The van der Waals surface area contributed by atoms with Crippen molar-refractivity contribution in [3.63, 3.8) is 0 Å². The molecule has 1 unspecified atom stereocenters. The van der Waals surface area contributed by atoms with Gasteiger partial charge in [0.05, 0.1) is 10.5 Å². The van der Waals surface area contributed by atoms with Gasteiger partial charge < -0.3 is 10.6 Å². The van der Waals surface area contributed by atoms with Gasteiger partial charge in [-0.3, -0.25) is 14.9 Å². The zero-order valence-electron chi connectivity index (χ0n) is 11.7. The molecule has 1 aromatic carbocycles. The molecule has 6 nitrogen and oxygen atoms in total. The smallest absolute Gasteiger partial charge is 0.292 e. The Kier molecular flexibility index (Phi) is 4.04. The Morgan fingerprint density at radius 3 is 2.80 bits per heavy atom. The van der Waals surface area contributed by atoms with Gasteiger partial charge >= 0.3 is 0 Å². The molecule has 1 aliphatic heterocycles. The van der Waals surface area contributed by atoms with Crippen molar-refractivity contribution < 1.29 is 9.72 Å².